The maximum atomic E-state index is 12.0. The van der Waals surface area contributed by atoms with Crippen molar-refractivity contribution < 1.29 is 22.8 Å². The molecule has 7 heteroatoms. The first-order valence-corrected chi connectivity index (χ1v) is 7.12. The maximum absolute atomic E-state index is 12.0. The summed E-state index contributed by atoms with van der Waals surface area (Å²) in [7, 11) is -0.871. The van der Waals surface area contributed by atoms with Gasteiger partial charge >= 0.3 is 5.97 Å². The fraction of sp³-hybridized carbons (Fsp3) is 0.333. The second-order valence-electron chi connectivity index (χ2n) is 4.13. The topological polar surface area (TPSA) is 82.0 Å². The van der Waals surface area contributed by atoms with E-state index in [4.69, 9.17) is 0 Å². The van der Waals surface area contributed by atoms with E-state index in [2.05, 4.69) is 14.7 Å². The number of esters is 1. The van der Waals surface area contributed by atoms with E-state index in [0.717, 1.165) is 0 Å². The number of carbonyl (C=O) groups is 1. The highest BCUT2D eigenvalue weighted by Gasteiger charge is 2.34. The van der Waals surface area contributed by atoms with E-state index < -0.39 is 15.8 Å². The first-order chi connectivity index (χ1) is 8.90. The molecule has 0 N–H and O–H groups in total. The molecule has 0 saturated heterocycles. The predicted octanol–water partition coefficient (Wildman–Crippen LogP) is 0.919. The Morgan fingerprint density at radius 1 is 1.32 bits per heavy atom. The van der Waals surface area contributed by atoms with E-state index in [0.29, 0.717) is 16.8 Å². The number of ether oxygens (including phenoxy) is 1. The fourth-order valence-corrected chi connectivity index (χ4v) is 3.55. The summed E-state index contributed by atoms with van der Waals surface area (Å²) < 4.78 is 28.7. The van der Waals surface area contributed by atoms with Crippen molar-refractivity contribution in [2.75, 3.05) is 20.0 Å². The smallest absolute Gasteiger partial charge is 0.338 e. The minimum atomic E-state index is -3.48. The lowest BCUT2D eigenvalue weighted by Crippen LogP contribution is -2.06. The summed E-state index contributed by atoms with van der Waals surface area (Å²) in [4.78, 5) is 16.3. The third-order valence-corrected chi connectivity index (χ3v) is 4.57. The normalized spacial score (nSPS) is 18.2. The lowest BCUT2D eigenvalue weighted by Gasteiger charge is -2.06. The highest BCUT2D eigenvalue weighted by molar-refractivity contribution is 7.92. The van der Waals surface area contributed by atoms with Crippen LogP contribution in [-0.2, 0) is 19.4 Å². The van der Waals surface area contributed by atoms with Gasteiger partial charge in [0, 0.05) is 5.56 Å². The number of carbonyl (C=O) groups excluding carboxylic acids is 1. The number of sulfone groups is 1. The molecule has 1 aromatic carbocycles. The molecule has 1 aliphatic rings. The molecule has 0 radical (unpaired) electrons. The largest absolute Gasteiger partial charge is 0.465 e. The third kappa shape index (κ3) is 2.21. The summed E-state index contributed by atoms with van der Waals surface area (Å²) in [6.07, 6.45) is 0. The molecular formula is C12H13NO5S. The monoisotopic (exact) mass is 283 g/mol. The van der Waals surface area contributed by atoms with E-state index in [1.54, 1.807) is 13.0 Å². The van der Waals surface area contributed by atoms with Crippen molar-refractivity contribution >= 4 is 21.5 Å². The zero-order valence-electron chi connectivity index (χ0n) is 10.8. The van der Waals surface area contributed by atoms with E-state index in [1.165, 1.54) is 20.3 Å². The van der Waals surface area contributed by atoms with Gasteiger partial charge in [-0.1, -0.05) is 5.16 Å². The molecule has 1 heterocycles. The number of methoxy groups -OCH3 is 1. The van der Waals surface area contributed by atoms with Crippen molar-refractivity contribution in [2.24, 2.45) is 5.16 Å². The van der Waals surface area contributed by atoms with Gasteiger partial charge in [0.2, 0.25) is 0 Å². The highest BCUT2D eigenvalue weighted by atomic mass is 32.2. The van der Waals surface area contributed by atoms with Crippen molar-refractivity contribution in [3.8, 4) is 0 Å². The van der Waals surface area contributed by atoms with E-state index in [1.807, 2.05) is 0 Å². The van der Waals surface area contributed by atoms with Crippen LogP contribution >= 0.6 is 0 Å². The van der Waals surface area contributed by atoms with Gasteiger partial charge in [0.05, 0.1) is 17.6 Å². The highest BCUT2D eigenvalue weighted by Crippen LogP contribution is 2.29. The third-order valence-electron chi connectivity index (χ3n) is 2.91. The number of nitrogens with zero attached hydrogens (tertiary/aromatic N) is 1. The van der Waals surface area contributed by atoms with Gasteiger partial charge in [-0.15, -0.1) is 0 Å². The second-order valence-corrected chi connectivity index (χ2v) is 6.09. The molecule has 0 amide bonds. The predicted molar refractivity (Wildman–Crippen MR) is 68.1 cm³/mol. The van der Waals surface area contributed by atoms with Crippen molar-refractivity contribution in [2.45, 2.75) is 11.8 Å². The van der Waals surface area contributed by atoms with Gasteiger partial charge in [0.25, 0.3) is 0 Å². The molecule has 0 saturated carbocycles. The standard InChI is InChI=1S/C12H13NO5S/c1-7-4-9-10(13-18-3)6-19(15,16)11(9)5-8(7)12(14)17-2/h4-5H,6H2,1-3H3/b13-10+. The van der Waals surface area contributed by atoms with Crippen LogP contribution in [-0.4, -0.2) is 40.1 Å². The number of benzene rings is 1. The molecule has 0 atom stereocenters. The Hall–Kier alpha value is -1.89. The minimum Gasteiger partial charge on any atom is -0.465 e. The van der Waals surface area contributed by atoms with Gasteiger partial charge in [-0.3, -0.25) is 0 Å². The second kappa shape index (κ2) is 4.65. The van der Waals surface area contributed by atoms with Gasteiger partial charge in [0.1, 0.15) is 18.6 Å². The van der Waals surface area contributed by atoms with Crippen molar-refractivity contribution in [1.29, 1.82) is 0 Å². The number of rotatable bonds is 2. The average Bonchev–Trinajstić information content (AvgIpc) is 2.59. The quantitative estimate of drug-likeness (QED) is 0.595. The van der Waals surface area contributed by atoms with Gasteiger partial charge in [-0.25, -0.2) is 13.2 Å². The first kappa shape index (κ1) is 13.5. The molecule has 0 unspecified atom stereocenters. The Bertz CT molecular complexity index is 676. The molecule has 1 aliphatic heterocycles. The van der Waals surface area contributed by atoms with Crippen LogP contribution < -0.4 is 0 Å². The summed E-state index contributed by atoms with van der Waals surface area (Å²) in [5.74, 6) is -0.784. The van der Waals surface area contributed by atoms with E-state index in [9.17, 15) is 13.2 Å². The average molecular weight is 283 g/mol. The Labute approximate surface area is 110 Å². The molecule has 0 aromatic heterocycles. The Morgan fingerprint density at radius 2 is 2.00 bits per heavy atom. The van der Waals surface area contributed by atoms with Crippen LogP contribution in [0.4, 0.5) is 0 Å². The summed E-state index contributed by atoms with van der Waals surface area (Å²) in [6.45, 7) is 1.71. The molecule has 0 fully saturated rings. The fourth-order valence-electron chi connectivity index (χ4n) is 2.02. The molecule has 0 bridgehead atoms. The van der Waals surface area contributed by atoms with Crippen molar-refractivity contribution in [1.82, 2.24) is 0 Å². The zero-order valence-corrected chi connectivity index (χ0v) is 11.6. The first-order valence-electron chi connectivity index (χ1n) is 5.47. The van der Waals surface area contributed by atoms with Gasteiger partial charge in [-0.05, 0) is 24.6 Å². The van der Waals surface area contributed by atoms with Crippen LogP contribution in [0.25, 0.3) is 0 Å². The summed E-state index contributed by atoms with van der Waals surface area (Å²) >= 11 is 0. The number of hydrogen-bond donors (Lipinski definition) is 0. The lowest BCUT2D eigenvalue weighted by atomic mass is 10.0. The van der Waals surface area contributed by atoms with Crippen molar-refractivity contribution in [3.05, 3.63) is 28.8 Å². The van der Waals surface area contributed by atoms with Crippen LogP contribution in [0.1, 0.15) is 21.5 Å². The van der Waals surface area contributed by atoms with Gasteiger partial charge < -0.3 is 9.57 Å². The van der Waals surface area contributed by atoms with Crippen LogP contribution in [0.15, 0.2) is 22.2 Å². The number of aryl methyl sites for hydroxylation is 1. The molecule has 2 rings (SSSR count). The SMILES string of the molecule is CO/N=C1\CS(=O)(=O)c2cc(C(=O)OC)c(C)cc21. The summed E-state index contributed by atoms with van der Waals surface area (Å²) in [6, 6.07) is 2.95. The molecule has 19 heavy (non-hydrogen) atoms. The molecule has 0 spiro atoms. The number of fused-ring (bicyclic) bond motifs is 1. The van der Waals surface area contributed by atoms with E-state index in [-0.39, 0.29) is 16.2 Å². The zero-order chi connectivity index (χ0) is 14.2. The minimum absolute atomic E-state index is 0.0919. The van der Waals surface area contributed by atoms with E-state index >= 15 is 0 Å². The summed E-state index contributed by atoms with van der Waals surface area (Å²) in [5, 5.41) is 3.72. The van der Waals surface area contributed by atoms with Crippen molar-refractivity contribution in [3.63, 3.8) is 0 Å². The molecular weight excluding hydrogens is 270 g/mol. The maximum Gasteiger partial charge on any atom is 0.338 e. The molecule has 102 valence electrons. The van der Waals surface area contributed by atoms with Gasteiger partial charge in [0.15, 0.2) is 9.84 Å². The van der Waals surface area contributed by atoms with Gasteiger partial charge in [-0.2, -0.15) is 0 Å². The molecule has 0 aliphatic carbocycles. The molecule has 1 aromatic rings. The van der Waals surface area contributed by atoms with Crippen LogP contribution in [0.5, 0.6) is 0 Å². The molecule has 6 nitrogen and oxygen atoms in total. The van der Waals surface area contributed by atoms with Crippen LogP contribution in [0, 0.1) is 6.92 Å². The van der Waals surface area contributed by atoms with Crippen LogP contribution in [0.3, 0.4) is 0 Å². The lowest BCUT2D eigenvalue weighted by molar-refractivity contribution is 0.0599. The Kier molecular flexibility index (Phi) is 3.32. The Balaban J connectivity index is 2.70. The van der Waals surface area contributed by atoms with Crippen LogP contribution in [0.2, 0.25) is 0 Å². The number of hydrogen-bond acceptors (Lipinski definition) is 6. The number of oxime groups is 1. The summed E-state index contributed by atoms with van der Waals surface area (Å²) in [5.41, 5.74) is 1.69. The Morgan fingerprint density at radius 3 is 2.58 bits per heavy atom.